The van der Waals surface area contributed by atoms with Crippen LogP contribution in [-0.4, -0.2) is 29.9 Å². The SMILES string of the molecule is Cl.Cl.NC(=NCc1ccc(Cl)cc1)/N=C(\N)N1CCCCCC1. The molecule has 2 rings (SSSR count). The molecule has 0 atom stereocenters. The Morgan fingerprint density at radius 2 is 1.57 bits per heavy atom. The lowest BCUT2D eigenvalue weighted by molar-refractivity contribution is 0.431. The summed E-state index contributed by atoms with van der Waals surface area (Å²) in [7, 11) is 0. The molecule has 1 aliphatic rings. The van der Waals surface area contributed by atoms with Crippen LogP contribution < -0.4 is 11.5 Å². The number of guanidine groups is 2. The standard InChI is InChI=1S/C15H22ClN5.2ClH/c16-13-7-5-12(6-8-13)11-19-14(17)20-15(18)21-9-3-1-2-4-10-21;;/h5-8H,1-4,9-11H2,(H4,17,18,19,20);2*1H. The van der Waals surface area contributed by atoms with E-state index in [2.05, 4.69) is 14.9 Å². The summed E-state index contributed by atoms with van der Waals surface area (Å²) in [6.07, 6.45) is 4.81. The van der Waals surface area contributed by atoms with E-state index in [9.17, 15) is 0 Å². The van der Waals surface area contributed by atoms with E-state index in [-0.39, 0.29) is 30.8 Å². The summed E-state index contributed by atoms with van der Waals surface area (Å²) in [6, 6.07) is 7.50. The maximum absolute atomic E-state index is 6.01. The van der Waals surface area contributed by atoms with Gasteiger partial charge in [-0.1, -0.05) is 36.6 Å². The lowest BCUT2D eigenvalue weighted by atomic mass is 10.2. The third-order valence-corrected chi connectivity index (χ3v) is 3.75. The van der Waals surface area contributed by atoms with Gasteiger partial charge in [0.25, 0.3) is 0 Å². The maximum atomic E-state index is 6.01. The van der Waals surface area contributed by atoms with Crippen LogP contribution in [0, 0.1) is 0 Å². The van der Waals surface area contributed by atoms with Crippen LogP contribution in [0.2, 0.25) is 5.02 Å². The van der Waals surface area contributed by atoms with Crippen LogP contribution >= 0.6 is 36.4 Å². The van der Waals surface area contributed by atoms with Crippen LogP contribution in [0.4, 0.5) is 0 Å². The van der Waals surface area contributed by atoms with Crippen molar-refractivity contribution in [3.05, 3.63) is 34.9 Å². The predicted molar refractivity (Wildman–Crippen MR) is 103 cm³/mol. The first-order chi connectivity index (χ1) is 10.1. The minimum Gasteiger partial charge on any atom is -0.369 e. The van der Waals surface area contributed by atoms with Gasteiger partial charge in [-0.05, 0) is 30.5 Å². The van der Waals surface area contributed by atoms with Crippen molar-refractivity contribution in [1.29, 1.82) is 0 Å². The Hall–Kier alpha value is -1.17. The second kappa shape index (κ2) is 11.4. The molecule has 5 nitrogen and oxygen atoms in total. The van der Waals surface area contributed by atoms with Gasteiger partial charge in [0.2, 0.25) is 5.96 Å². The lowest BCUT2D eigenvalue weighted by Gasteiger charge is -2.20. The third kappa shape index (κ3) is 7.77. The molecule has 1 fully saturated rings. The van der Waals surface area contributed by atoms with Crippen molar-refractivity contribution < 1.29 is 0 Å². The van der Waals surface area contributed by atoms with Gasteiger partial charge in [-0.15, -0.1) is 24.8 Å². The fraction of sp³-hybridized carbons (Fsp3) is 0.467. The highest BCUT2D eigenvalue weighted by atomic mass is 35.5. The van der Waals surface area contributed by atoms with Crippen LogP contribution in [0.5, 0.6) is 0 Å². The summed E-state index contributed by atoms with van der Waals surface area (Å²) in [4.78, 5) is 10.5. The summed E-state index contributed by atoms with van der Waals surface area (Å²) in [6.45, 7) is 2.36. The van der Waals surface area contributed by atoms with Crippen LogP contribution in [0.15, 0.2) is 34.3 Å². The molecule has 1 aromatic rings. The highest BCUT2D eigenvalue weighted by molar-refractivity contribution is 6.30. The number of hydrogen-bond donors (Lipinski definition) is 2. The fourth-order valence-electron chi connectivity index (χ4n) is 2.29. The molecule has 0 unspecified atom stereocenters. The number of nitrogens with two attached hydrogens (primary N) is 2. The summed E-state index contributed by atoms with van der Waals surface area (Å²) in [5, 5.41) is 0.708. The summed E-state index contributed by atoms with van der Waals surface area (Å²) >= 11 is 5.84. The van der Waals surface area contributed by atoms with Gasteiger partial charge in [0.05, 0.1) is 6.54 Å². The van der Waals surface area contributed by atoms with Gasteiger partial charge < -0.3 is 16.4 Å². The molecule has 0 aliphatic carbocycles. The Labute approximate surface area is 155 Å². The molecule has 0 saturated carbocycles. The minimum atomic E-state index is 0. The summed E-state index contributed by atoms with van der Waals surface area (Å²) < 4.78 is 0. The molecule has 0 aromatic heterocycles. The molecule has 0 spiro atoms. The number of benzene rings is 1. The maximum Gasteiger partial charge on any atom is 0.218 e. The summed E-state index contributed by atoms with van der Waals surface area (Å²) in [5.41, 5.74) is 12.9. The molecule has 1 aliphatic heterocycles. The second-order valence-corrected chi connectivity index (χ2v) is 5.61. The highest BCUT2D eigenvalue weighted by Crippen LogP contribution is 2.11. The third-order valence-electron chi connectivity index (χ3n) is 3.50. The number of halogens is 3. The van der Waals surface area contributed by atoms with E-state index in [0.717, 1.165) is 31.5 Å². The van der Waals surface area contributed by atoms with E-state index in [0.29, 0.717) is 17.5 Å². The highest BCUT2D eigenvalue weighted by Gasteiger charge is 2.11. The first-order valence-corrected chi connectivity index (χ1v) is 7.66. The Bertz CT molecular complexity index is 508. The number of likely N-dealkylation sites (tertiary alicyclic amines) is 1. The zero-order chi connectivity index (χ0) is 15.1. The molecule has 130 valence electrons. The Balaban J connectivity index is 0.00000242. The zero-order valence-electron chi connectivity index (χ0n) is 12.9. The average molecular weight is 381 g/mol. The van der Waals surface area contributed by atoms with Gasteiger partial charge in [-0.2, -0.15) is 4.99 Å². The van der Waals surface area contributed by atoms with Crippen LogP contribution in [0.3, 0.4) is 0 Å². The minimum absolute atomic E-state index is 0. The van der Waals surface area contributed by atoms with Gasteiger partial charge in [-0.3, -0.25) is 0 Å². The van der Waals surface area contributed by atoms with Crippen molar-refractivity contribution in [1.82, 2.24) is 4.90 Å². The van der Waals surface area contributed by atoms with Crippen molar-refractivity contribution in [3.63, 3.8) is 0 Å². The molecular weight excluding hydrogens is 357 g/mol. The van der Waals surface area contributed by atoms with Gasteiger partial charge in [0.1, 0.15) is 0 Å². The van der Waals surface area contributed by atoms with E-state index >= 15 is 0 Å². The number of aliphatic imine (C=N–C) groups is 2. The van der Waals surface area contributed by atoms with Crippen molar-refractivity contribution in [3.8, 4) is 0 Å². The van der Waals surface area contributed by atoms with E-state index in [1.807, 2.05) is 24.3 Å². The molecule has 0 radical (unpaired) electrons. The van der Waals surface area contributed by atoms with Crippen molar-refractivity contribution >= 4 is 48.3 Å². The second-order valence-electron chi connectivity index (χ2n) is 5.17. The molecule has 1 heterocycles. The van der Waals surface area contributed by atoms with Crippen LogP contribution in [-0.2, 0) is 6.54 Å². The molecule has 1 aromatic carbocycles. The van der Waals surface area contributed by atoms with Crippen molar-refractivity contribution in [2.45, 2.75) is 32.2 Å². The van der Waals surface area contributed by atoms with E-state index in [1.54, 1.807) is 0 Å². The van der Waals surface area contributed by atoms with Crippen molar-refractivity contribution in [2.75, 3.05) is 13.1 Å². The van der Waals surface area contributed by atoms with Crippen LogP contribution in [0.25, 0.3) is 0 Å². The Kier molecular flexibility index (Phi) is 10.8. The summed E-state index contributed by atoms with van der Waals surface area (Å²) in [5.74, 6) is 0.681. The first kappa shape index (κ1) is 21.8. The van der Waals surface area contributed by atoms with Gasteiger partial charge >= 0.3 is 0 Å². The predicted octanol–water partition coefficient (Wildman–Crippen LogP) is 3.19. The topological polar surface area (TPSA) is 80.0 Å². The van der Waals surface area contributed by atoms with Gasteiger partial charge in [-0.25, -0.2) is 4.99 Å². The molecule has 4 N–H and O–H groups in total. The lowest BCUT2D eigenvalue weighted by Crippen LogP contribution is -2.39. The van der Waals surface area contributed by atoms with E-state index in [4.69, 9.17) is 23.1 Å². The van der Waals surface area contributed by atoms with Crippen LogP contribution in [0.1, 0.15) is 31.2 Å². The number of hydrogen-bond acceptors (Lipinski definition) is 1. The molecule has 8 heteroatoms. The Morgan fingerprint density at radius 1 is 1.00 bits per heavy atom. The quantitative estimate of drug-likeness (QED) is 0.611. The Morgan fingerprint density at radius 3 is 2.13 bits per heavy atom. The smallest absolute Gasteiger partial charge is 0.218 e. The van der Waals surface area contributed by atoms with Crippen molar-refractivity contribution in [2.24, 2.45) is 21.5 Å². The monoisotopic (exact) mass is 379 g/mol. The normalized spacial score (nSPS) is 16.1. The fourth-order valence-corrected chi connectivity index (χ4v) is 2.41. The molecular formula is C15H24Cl3N5. The molecule has 0 amide bonds. The molecule has 0 bridgehead atoms. The van der Waals surface area contributed by atoms with Gasteiger partial charge in [0.15, 0.2) is 5.96 Å². The van der Waals surface area contributed by atoms with E-state index in [1.165, 1.54) is 12.8 Å². The average Bonchev–Trinajstić information content (AvgIpc) is 2.76. The number of nitrogens with zero attached hydrogens (tertiary/aromatic N) is 3. The molecule has 23 heavy (non-hydrogen) atoms. The first-order valence-electron chi connectivity index (χ1n) is 7.28. The largest absolute Gasteiger partial charge is 0.369 e. The van der Waals surface area contributed by atoms with Gasteiger partial charge in [0, 0.05) is 18.1 Å². The molecule has 1 saturated heterocycles. The van der Waals surface area contributed by atoms with E-state index < -0.39 is 0 Å². The zero-order valence-corrected chi connectivity index (χ0v) is 15.3. The number of rotatable bonds is 2.